The van der Waals surface area contributed by atoms with Crippen LogP contribution in [-0.2, 0) is 11.3 Å². The van der Waals surface area contributed by atoms with Crippen molar-refractivity contribution in [2.75, 3.05) is 6.54 Å². The van der Waals surface area contributed by atoms with Crippen molar-refractivity contribution < 1.29 is 4.79 Å². The summed E-state index contributed by atoms with van der Waals surface area (Å²) in [5.41, 5.74) is 1.28. The largest absolute Gasteiger partial charge is 0.356 e. The van der Waals surface area contributed by atoms with Gasteiger partial charge in [-0.15, -0.1) is 0 Å². The van der Waals surface area contributed by atoms with Crippen LogP contribution in [0.25, 0.3) is 10.9 Å². The SMILES string of the molecule is O=C(NCCCn1ccc2ccccc21)C1CC2CCC1C2. The molecule has 0 radical (unpaired) electrons. The number of nitrogens with one attached hydrogen (secondary N) is 1. The Labute approximate surface area is 131 Å². The van der Waals surface area contributed by atoms with Crippen molar-refractivity contribution in [1.82, 2.24) is 9.88 Å². The lowest BCUT2D eigenvalue weighted by Gasteiger charge is -2.20. The molecule has 3 atom stereocenters. The fourth-order valence-electron chi connectivity index (χ4n) is 4.49. The summed E-state index contributed by atoms with van der Waals surface area (Å²) in [4.78, 5) is 12.3. The highest BCUT2D eigenvalue weighted by molar-refractivity contribution is 5.80. The lowest BCUT2D eigenvalue weighted by atomic mass is 9.88. The molecule has 116 valence electrons. The number of carbonyl (C=O) groups excluding carboxylic acids is 1. The summed E-state index contributed by atoms with van der Waals surface area (Å²) in [6.07, 6.45) is 8.20. The molecule has 2 bridgehead atoms. The molecule has 2 saturated carbocycles. The van der Waals surface area contributed by atoms with Crippen molar-refractivity contribution in [3.63, 3.8) is 0 Å². The van der Waals surface area contributed by atoms with E-state index in [9.17, 15) is 4.79 Å². The Morgan fingerprint density at radius 2 is 2.09 bits per heavy atom. The molecule has 1 amide bonds. The van der Waals surface area contributed by atoms with E-state index in [0.717, 1.165) is 31.8 Å². The van der Waals surface area contributed by atoms with E-state index < -0.39 is 0 Å². The van der Waals surface area contributed by atoms with E-state index in [0.29, 0.717) is 17.7 Å². The molecule has 1 aromatic heterocycles. The molecule has 4 rings (SSSR count). The quantitative estimate of drug-likeness (QED) is 0.841. The number of benzene rings is 1. The second-order valence-corrected chi connectivity index (χ2v) is 6.99. The standard InChI is InChI=1S/C19H24N2O/c22-19(17-13-14-6-7-16(17)12-14)20-9-3-10-21-11-8-15-4-1-2-5-18(15)21/h1-2,4-5,8,11,14,16-17H,3,6-7,9-10,12-13H2,(H,20,22). The first-order valence-corrected chi connectivity index (χ1v) is 8.63. The van der Waals surface area contributed by atoms with Crippen molar-refractivity contribution in [2.45, 2.75) is 38.6 Å². The number of aromatic nitrogens is 1. The fourth-order valence-corrected chi connectivity index (χ4v) is 4.49. The lowest BCUT2D eigenvalue weighted by Crippen LogP contribution is -2.34. The van der Waals surface area contributed by atoms with Crippen LogP contribution in [0, 0.1) is 17.8 Å². The Morgan fingerprint density at radius 1 is 1.18 bits per heavy atom. The summed E-state index contributed by atoms with van der Waals surface area (Å²) in [5.74, 6) is 2.14. The highest BCUT2D eigenvalue weighted by atomic mass is 16.1. The maximum atomic E-state index is 12.3. The molecule has 3 unspecified atom stereocenters. The third-order valence-electron chi connectivity index (χ3n) is 5.63. The van der Waals surface area contributed by atoms with Crippen LogP contribution in [0.3, 0.4) is 0 Å². The number of hydrogen-bond donors (Lipinski definition) is 1. The zero-order chi connectivity index (χ0) is 14.9. The third-order valence-corrected chi connectivity index (χ3v) is 5.63. The Kier molecular flexibility index (Phi) is 3.65. The first kappa shape index (κ1) is 13.9. The molecule has 3 heteroatoms. The van der Waals surface area contributed by atoms with Gasteiger partial charge in [0.1, 0.15) is 0 Å². The van der Waals surface area contributed by atoms with Gasteiger partial charge in [-0.05, 0) is 55.0 Å². The number of amides is 1. The molecule has 3 nitrogen and oxygen atoms in total. The van der Waals surface area contributed by atoms with E-state index in [2.05, 4.69) is 46.4 Å². The van der Waals surface area contributed by atoms with E-state index in [1.165, 1.54) is 30.2 Å². The molecule has 2 aliphatic rings. The van der Waals surface area contributed by atoms with Gasteiger partial charge in [-0.3, -0.25) is 4.79 Å². The summed E-state index contributed by atoms with van der Waals surface area (Å²) in [5, 5.41) is 4.45. The van der Waals surface area contributed by atoms with Crippen molar-refractivity contribution in [1.29, 1.82) is 0 Å². The highest BCUT2D eigenvalue weighted by Gasteiger charge is 2.42. The molecule has 0 saturated heterocycles. The summed E-state index contributed by atoms with van der Waals surface area (Å²) in [6, 6.07) is 10.6. The van der Waals surface area contributed by atoms with E-state index in [4.69, 9.17) is 0 Å². The van der Waals surface area contributed by atoms with Crippen LogP contribution in [0.1, 0.15) is 32.1 Å². The van der Waals surface area contributed by atoms with Gasteiger partial charge in [-0.25, -0.2) is 0 Å². The van der Waals surface area contributed by atoms with Gasteiger partial charge in [0.25, 0.3) is 0 Å². The molecule has 2 aliphatic carbocycles. The molecular weight excluding hydrogens is 272 g/mol. The second kappa shape index (κ2) is 5.79. The molecule has 1 aromatic carbocycles. The Balaban J connectivity index is 1.26. The summed E-state index contributed by atoms with van der Waals surface area (Å²) in [6.45, 7) is 1.75. The van der Waals surface area contributed by atoms with Crippen LogP contribution in [0.4, 0.5) is 0 Å². The molecule has 2 fully saturated rings. The van der Waals surface area contributed by atoms with Gasteiger partial charge in [0.2, 0.25) is 5.91 Å². The maximum Gasteiger partial charge on any atom is 0.223 e. The van der Waals surface area contributed by atoms with Gasteiger partial charge in [-0.1, -0.05) is 24.6 Å². The van der Waals surface area contributed by atoms with E-state index >= 15 is 0 Å². The van der Waals surface area contributed by atoms with Crippen molar-refractivity contribution in [3.05, 3.63) is 36.5 Å². The normalized spacial score (nSPS) is 26.6. The molecule has 2 aromatic rings. The average molecular weight is 296 g/mol. The number of carbonyl (C=O) groups is 1. The van der Waals surface area contributed by atoms with Gasteiger partial charge in [0.15, 0.2) is 0 Å². The summed E-state index contributed by atoms with van der Waals surface area (Å²) >= 11 is 0. The minimum absolute atomic E-state index is 0.310. The zero-order valence-corrected chi connectivity index (χ0v) is 13.0. The number of aryl methyl sites for hydroxylation is 1. The smallest absolute Gasteiger partial charge is 0.223 e. The molecular formula is C19H24N2O. The van der Waals surface area contributed by atoms with Gasteiger partial charge >= 0.3 is 0 Å². The Morgan fingerprint density at radius 3 is 2.91 bits per heavy atom. The average Bonchev–Trinajstić information content (AvgIpc) is 3.26. The zero-order valence-electron chi connectivity index (χ0n) is 13.0. The Hall–Kier alpha value is -1.77. The number of nitrogens with zero attached hydrogens (tertiary/aromatic N) is 1. The number of fused-ring (bicyclic) bond motifs is 3. The first-order chi connectivity index (χ1) is 10.8. The number of hydrogen-bond acceptors (Lipinski definition) is 1. The minimum atomic E-state index is 0.310. The first-order valence-electron chi connectivity index (χ1n) is 8.63. The highest BCUT2D eigenvalue weighted by Crippen LogP contribution is 2.48. The topological polar surface area (TPSA) is 34.0 Å². The van der Waals surface area contributed by atoms with Crippen LogP contribution in [-0.4, -0.2) is 17.0 Å². The molecule has 0 spiro atoms. The number of para-hydroxylation sites is 1. The lowest BCUT2D eigenvalue weighted by molar-refractivity contribution is -0.126. The summed E-state index contributed by atoms with van der Waals surface area (Å²) in [7, 11) is 0. The van der Waals surface area contributed by atoms with Crippen LogP contribution in [0.15, 0.2) is 36.5 Å². The van der Waals surface area contributed by atoms with Gasteiger partial charge in [0.05, 0.1) is 0 Å². The predicted molar refractivity (Wildman–Crippen MR) is 88.5 cm³/mol. The molecule has 1 heterocycles. The maximum absolute atomic E-state index is 12.3. The summed E-state index contributed by atoms with van der Waals surface area (Å²) < 4.78 is 2.28. The molecule has 1 N–H and O–H groups in total. The van der Waals surface area contributed by atoms with Crippen LogP contribution < -0.4 is 5.32 Å². The van der Waals surface area contributed by atoms with E-state index in [-0.39, 0.29) is 0 Å². The second-order valence-electron chi connectivity index (χ2n) is 6.99. The predicted octanol–water partition coefficient (Wildman–Crippen LogP) is 3.58. The van der Waals surface area contributed by atoms with Crippen molar-refractivity contribution in [2.24, 2.45) is 17.8 Å². The van der Waals surface area contributed by atoms with E-state index in [1.807, 2.05) is 0 Å². The van der Waals surface area contributed by atoms with Crippen LogP contribution >= 0.6 is 0 Å². The fraction of sp³-hybridized carbons (Fsp3) is 0.526. The van der Waals surface area contributed by atoms with Gasteiger partial charge in [-0.2, -0.15) is 0 Å². The van der Waals surface area contributed by atoms with Crippen molar-refractivity contribution >= 4 is 16.8 Å². The molecule has 22 heavy (non-hydrogen) atoms. The third kappa shape index (κ3) is 2.53. The minimum Gasteiger partial charge on any atom is -0.356 e. The number of rotatable bonds is 5. The van der Waals surface area contributed by atoms with Gasteiger partial charge in [0, 0.05) is 30.7 Å². The van der Waals surface area contributed by atoms with E-state index in [1.54, 1.807) is 0 Å². The van der Waals surface area contributed by atoms with Crippen molar-refractivity contribution in [3.8, 4) is 0 Å². The Bertz CT molecular complexity index is 675. The van der Waals surface area contributed by atoms with Crippen LogP contribution in [0.5, 0.6) is 0 Å². The monoisotopic (exact) mass is 296 g/mol. The van der Waals surface area contributed by atoms with Crippen LogP contribution in [0.2, 0.25) is 0 Å². The van der Waals surface area contributed by atoms with Gasteiger partial charge < -0.3 is 9.88 Å². The molecule has 0 aliphatic heterocycles.